The Morgan fingerprint density at radius 3 is 2.84 bits per heavy atom. The Kier molecular flexibility index (Phi) is 3.08. The molecule has 0 atom stereocenters. The first-order chi connectivity index (χ1) is 9.24. The number of halogens is 1. The maximum absolute atomic E-state index is 5.77. The van der Waals surface area contributed by atoms with Crippen LogP contribution in [-0.4, -0.2) is 10.3 Å². The highest BCUT2D eigenvalue weighted by molar-refractivity contribution is 9.10. The highest BCUT2D eigenvalue weighted by Gasteiger charge is 2.11. The second-order valence-electron chi connectivity index (χ2n) is 4.03. The smallest absolute Gasteiger partial charge is 0.179 e. The lowest BCUT2D eigenvalue weighted by Crippen LogP contribution is -1.97. The van der Waals surface area contributed by atoms with Crippen LogP contribution in [0.25, 0.3) is 11.0 Å². The van der Waals surface area contributed by atoms with Gasteiger partial charge in [0.05, 0.1) is 5.69 Å². The molecule has 1 heterocycles. The van der Waals surface area contributed by atoms with E-state index in [1.807, 2.05) is 24.3 Å². The zero-order chi connectivity index (χ0) is 13.2. The molecule has 0 bridgehead atoms. The van der Waals surface area contributed by atoms with Gasteiger partial charge in [-0.25, -0.2) is 4.63 Å². The van der Waals surface area contributed by atoms with Crippen molar-refractivity contribution in [1.29, 1.82) is 0 Å². The molecule has 6 heteroatoms. The monoisotopic (exact) mass is 319 g/mol. The Hall–Kier alpha value is -2.08. The number of aromatic nitrogens is 2. The van der Waals surface area contributed by atoms with Crippen molar-refractivity contribution in [3.8, 4) is 5.75 Å². The maximum atomic E-state index is 5.77. The van der Waals surface area contributed by atoms with E-state index in [1.54, 1.807) is 12.1 Å². The molecule has 0 unspecified atom stereocenters. The van der Waals surface area contributed by atoms with E-state index >= 15 is 0 Å². The van der Waals surface area contributed by atoms with Crippen molar-refractivity contribution in [2.24, 2.45) is 0 Å². The fourth-order valence-electron chi connectivity index (χ4n) is 1.77. The van der Waals surface area contributed by atoms with Crippen LogP contribution in [0.15, 0.2) is 45.5 Å². The van der Waals surface area contributed by atoms with Crippen molar-refractivity contribution >= 4 is 32.7 Å². The van der Waals surface area contributed by atoms with Gasteiger partial charge >= 0.3 is 0 Å². The molecule has 2 N–H and O–H groups in total. The summed E-state index contributed by atoms with van der Waals surface area (Å²) in [6.07, 6.45) is 0. The second-order valence-corrected chi connectivity index (χ2v) is 4.95. The van der Waals surface area contributed by atoms with Gasteiger partial charge in [0, 0.05) is 4.47 Å². The molecule has 3 rings (SSSR count). The average molecular weight is 320 g/mol. The molecule has 0 fully saturated rings. The Morgan fingerprint density at radius 2 is 2.00 bits per heavy atom. The van der Waals surface area contributed by atoms with Gasteiger partial charge in [0.15, 0.2) is 16.8 Å². The Morgan fingerprint density at radius 1 is 1.16 bits per heavy atom. The lowest BCUT2D eigenvalue weighted by molar-refractivity contribution is 0.299. The molecule has 1 aromatic heterocycles. The summed E-state index contributed by atoms with van der Waals surface area (Å²) in [5.74, 6) is 0.602. The molecule has 0 saturated heterocycles. The number of hydrogen-bond donors (Lipinski definition) is 1. The predicted molar refractivity (Wildman–Crippen MR) is 74.7 cm³/mol. The highest BCUT2D eigenvalue weighted by atomic mass is 79.9. The van der Waals surface area contributed by atoms with Crippen molar-refractivity contribution < 1.29 is 9.37 Å². The van der Waals surface area contributed by atoms with Crippen molar-refractivity contribution in [3.63, 3.8) is 0 Å². The van der Waals surface area contributed by atoms with Crippen LogP contribution < -0.4 is 10.5 Å². The molecule has 0 amide bonds. The summed E-state index contributed by atoms with van der Waals surface area (Å²) in [5, 5.41) is 7.56. The zero-order valence-corrected chi connectivity index (χ0v) is 11.4. The summed E-state index contributed by atoms with van der Waals surface area (Å²) in [5.41, 5.74) is 8.40. The number of benzene rings is 2. The largest absolute Gasteiger partial charge is 0.486 e. The minimum atomic E-state index is 0.436. The Labute approximate surface area is 117 Å². The van der Waals surface area contributed by atoms with E-state index in [1.165, 1.54) is 0 Å². The predicted octanol–water partition coefficient (Wildman–Crippen LogP) is 3.15. The summed E-state index contributed by atoms with van der Waals surface area (Å²) in [6, 6.07) is 11.4. The van der Waals surface area contributed by atoms with E-state index in [2.05, 4.69) is 26.2 Å². The molecule has 5 nitrogen and oxygen atoms in total. The molecule has 0 aliphatic carbocycles. The van der Waals surface area contributed by atoms with E-state index in [0.29, 0.717) is 29.1 Å². The molecule has 0 aliphatic heterocycles. The molecule has 19 heavy (non-hydrogen) atoms. The van der Waals surface area contributed by atoms with Gasteiger partial charge < -0.3 is 10.5 Å². The quantitative estimate of drug-likeness (QED) is 0.751. The summed E-state index contributed by atoms with van der Waals surface area (Å²) < 4.78 is 11.4. The van der Waals surface area contributed by atoms with Crippen LogP contribution in [0.1, 0.15) is 5.56 Å². The van der Waals surface area contributed by atoms with Crippen LogP contribution in [0.5, 0.6) is 5.75 Å². The van der Waals surface area contributed by atoms with Gasteiger partial charge in [-0.2, -0.15) is 0 Å². The van der Waals surface area contributed by atoms with Crippen LogP contribution in [0, 0.1) is 0 Å². The Balaban J connectivity index is 1.86. The maximum Gasteiger partial charge on any atom is 0.179 e. The van der Waals surface area contributed by atoms with Crippen LogP contribution in [-0.2, 0) is 6.61 Å². The number of nitrogen functional groups attached to an aromatic ring is 1. The first-order valence-electron chi connectivity index (χ1n) is 5.62. The lowest BCUT2D eigenvalue weighted by atomic mass is 10.2. The van der Waals surface area contributed by atoms with Gasteiger partial charge in [-0.05, 0) is 40.1 Å². The SMILES string of the molecule is Nc1ccc(OCc2cccc(Br)c2)c2nonc12. The number of anilines is 1. The number of nitrogens with zero attached hydrogens (tertiary/aromatic N) is 2. The fourth-order valence-corrected chi connectivity index (χ4v) is 2.21. The Bertz CT molecular complexity index is 727. The van der Waals surface area contributed by atoms with Gasteiger partial charge in [0.1, 0.15) is 6.61 Å². The number of nitrogens with two attached hydrogens (primary N) is 1. The molecule has 0 radical (unpaired) electrons. The molecule has 0 saturated carbocycles. The van der Waals surface area contributed by atoms with Gasteiger partial charge in [-0.1, -0.05) is 28.1 Å². The average Bonchev–Trinajstić information content (AvgIpc) is 2.88. The van der Waals surface area contributed by atoms with Gasteiger partial charge in [-0.15, -0.1) is 0 Å². The van der Waals surface area contributed by atoms with E-state index < -0.39 is 0 Å². The van der Waals surface area contributed by atoms with Crippen molar-refractivity contribution in [3.05, 3.63) is 46.4 Å². The molecular weight excluding hydrogens is 310 g/mol. The highest BCUT2D eigenvalue weighted by Crippen LogP contribution is 2.27. The van der Waals surface area contributed by atoms with Crippen molar-refractivity contribution in [1.82, 2.24) is 10.3 Å². The van der Waals surface area contributed by atoms with Crippen LogP contribution in [0.2, 0.25) is 0 Å². The van der Waals surface area contributed by atoms with Crippen molar-refractivity contribution in [2.75, 3.05) is 5.73 Å². The van der Waals surface area contributed by atoms with Crippen LogP contribution >= 0.6 is 15.9 Å². The number of rotatable bonds is 3. The summed E-state index contributed by atoms with van der Waals surface area (Å²) in [4.78, 5) is 0. The van der Waals surface area contributed by atoms with E-state index in [4.69, 9.17) is 15.1 Å². The van der Waals surface area contributed by atoms with Gasteiger partial charge in [0.25, 0.3) is 0 Å². The molecule has 2 aromatic carbocycles. The van der Waals surface area contributed by atoms with Gasteiger partial charge in [-0.3, -0.25) is 0 Å². The summed E-state index contributed by atoms with van der Waals surface area (Å²) in [7, 11) is 0. The molecule has 96 valence electrons. The second kappa shape index (κ2) is 4.89. The molecule has 0 spiro atoms. The summed E-state index contributed by atoms with van der Waals surface area (Å²) >= 11 is 3.42. The molecular formula is C13H10BrN3O2. The first kappa shape index (κ1) is 12.0. The third-order valence-electron chi connectivity index (χ3n) is 2.69. The fraction of sp³-hybridized carbons (Fsp3) is 0.0769. The minimum Gasteiger partial charge on any atom is -0.486 e. The summed E-state index contributed by atoms with van der Waals surface area (Å²) in [6.45, 7) is 0.436. The normalized spacial score (nSPS) is 10.8. The number of fused-ring (bicyclic) bond motifs is 1. The minimum absolute atomic E-state index is 0.436. The van der Waals surface area contributed by atoms with E-state index in [0.717, 1.165) is 10.0 Å². The van der Waals surface area contributed by atoms with Gasteiger partial charge in [0.2, 0.25) is 0 Å². The third-order valence-corrected chi connectivity index (χ3v) is 3.19. The van der Waals surface area contributed by atoms with Crippen molar-refractivity contribution in [2.45, 2.75) is 6.61 Å². The lowest BCUT2D eigenvalue weighted by Gasteiger charge is -2.07. The van der Waals surface area contributed by atoms with E-state index in [-0.39, 0.29) is 0 Å². The standard InChI is InChI=1S/C13H10BrN3O2/c14-9-3-1-2-8(6-9)7-18-11-5-4-10(15)12-13(11)17-19-16-12/h1-6H,7,15H2. The topological polar surface area (TPSA) is 74.2 Å². The van der Waals surface area contributed by atoms with Crippen LogP contribution in [0.3, 0.4) is 0 Å². The third kappa shape index (κ3) is 2.39. The number of hydrogen-bond acceptors (Lipinski definition) is 5. The van der Waals surface area contributed by atoms with E-state index in [9.17, 15) is 0 Å². The molecule has 0 aliphatic rings. The molecule has 3 aromatic rings. The first-order valence-corrected chi connectivity index (χ1v) is 6.41. The zero-order valence-electron chi connectivity index (χ0n) is 9.84. The van der Waals surface area contributed by atoms with Crippen LogP contribution in [0.4, 0.5) is 5.69 Å². The number of ether oxygens (including phenoxy) is 1.